The second kappa shape index (κ2) is 9.78. The highest BCUT2D eigenvalue weighted by Gasteiger charge is 2.20. The molecule has 0 spiro atoms. The second-order valence-corrected chi connectivity index (χ2v) is 6.76. The van der Waals surface area contributed by atoms with Gasteiger partial charge in [0.15, 0.2) is 0 Å². The van der Waals surface area contributed by atoms with Gasteiger partial charge < -0.3 is 19.5 Å². The van der Waals surface area contributed by atoms with Gasteiger partial charge in [0.2, 0.25) is 0 Å². The van der Waals surface area contributed by atoms with Gasteiger partial charge in [-0.3, -0.25) is 0 Å². The maximum atomic E-state index is 10.1. The summed E-state index contributed by atoms with van der Waals surface area (Å²) >= 11 is 0. The van der Waals surface area contributed by atoms with Crippen molar-refractivity contribution in [2.45, 2.75) is 76.0 Å². The molecule has 4 nitrogen and oxygen atoms in total. The summed E-state index contributed by atoms with van der Waals surface area (Å²) < 4.78 is 11.1. The molecule has 21 heavy (non-hydrogen) atoms. The lowest BCUT2D eigenvalue weighted by Crippen LogP contribution is -2.39. The first kappa shape index (κ1) is 17.2. The maximum Gasteiger partial charge on any atom is 0.0900 e. The summed E-state index contributed by atoms with van der Waals surface area (Å²) in [5.41, 5.74) is 0. The van der Waals surface area contributed by atoms with Crippen molar-refractivity contribution in [3.63, 3.8) is 0 Å². The molecule has 1 saturated heterocycles. The maximum absolute atomic E-state index is 10.1. The Morgan fingerprint density at radius 3 is 2.48 bits per heavy atom. The van der Waals surface area contributed by atoms with E-state index in [1.807, 2.05) is 0 Å². The van der Waals surface area contributed by atoms with E-state index in [4.69, 9.17) is 9.47 Å². The van der Waals surface area contributed by atoms with E-state index in [1.165, 1.54) is 44.9 Å². The van der Waals surface area contributed by atoms with Crippen molar-refractivity contribution in [1.82, 2.24) is 4.90 Å². The molecule has 0 aromatic heterocycles. The molecule has 1 N–H and O–H groups in total. The zero-order valence-electron chi connectivity index (χ0n) is 13.6. The first-order valence-corrected chi connectivity index (χ1v) is 8.83. The summed E-state index contributed by atoms with van der Waals surface area (Å²) in [6.45, 7) is 2.64. The summed E-state index contributed by atoms with van der Waals surface area (Å²) in [5, 5.41) is 10.1. The molecule has 4 heteroatoms. The molecule has 1 heterocycles. The van der Waals surface area contributed by atoms with Gasteiger partial charge in [-0.25, -0.2) is 0 Å². The quantitative estimate of drug-likeness (QED) is 0.784. The number of nitrogens with zero attached hydrogens (tertiary/aromatic N) is 1. The molecule has 2 fully saturated rings. The van der Waals surface area contributed by atoms with Crippen molar-refractivity contribution < 1.29 is 14.6 Å². The number of hydrogen-bond acceptors (Lipinski definition) is 4. The summed E-state index contributed by atoms with van der Waals surface area (Å²) in [6, 6.07) is 0.637. The Balaban J connectivity index is 1.59. The fraction of sp³-hybridized carbons (Fsp3) is 1.00. The summed E-state index contributed by atoms with van der Waals surface area (Å²) in [4.78, 5) is 2.34. The molecule has 1 aliphatic heterocycles. The first-order chi connectivity index (χ1) is 10.3. The third-order valence-corrected chi connectivity index (χ3v) is 4.83. The Morgan fingerprint density at radius 1 is 1.10 bits per heavy atom. The van der Waals surface area contributed by atoms with Crippen molar-refractivity contribution in [1.29, 1.82) is 0 Å². The van der Waals surface area contributed by atoms with E-state index in [1.54, 1.807) is 0 Å². The summed E-state index contributed by atoms with van der Waals surface area (Å²) in [5.74, 6) is 0. The topological polar surface area (TPSA) is 41.9 Å². The number of rotatable bonds is 7. The number of likely N-dealkylation sites (N-methyl/N-ethyl adjacent to an activating group) is 1. The molecule has 0 radical (unpaired) electrons. The van der Waals surface area contributed by atoms with Crippen molar-refractivity contribution in [3.8, 4) is 0 Å². The lowest BCUT2D eigenvalue weighted by Gasteiger charge is -2.31. The highest BCUT2D eigenvalue weighted by atomic mass is 16.5. The standard InChI is InChI=1S/C17H33NO3/c1-18(15-8-5-3-2-4-6-9-15)12-16(19)13-20-14-17-10-7-11-21-17/h15-17,19H,2-14H2,1H3. The molecule has 0 aromatic rings. The lowest BCUT2D eigenvalue weighted by molar-refractivity contribution is -0.0269. The van der Waals surface area contributed by atoms with Crippen LogP contribution in [0.1, 0.15) is 57.8 Å². The van der Waals surface area contributed by atoms with Crippen LogP contribution in [0.15, 0.2) is 0 Å². The number of hydrogen-bond donors (Lipinski definition) is 1. The minimum atomic E-state index is -0.387. The third-order valence-electron chi connectivity index (χ3n) is 4.83. The number of ether oxygens (including phenoxy) is 2. The van der Waals surface area contributed by atoms with E-state index in [0.29, 0.717) is 19.3 Å². The van der Waals surface area contributed by atoms with Crippen molar-refractivity contribution in [2.75, 3.05) is 33.4 Å². The molecule has 2 rings (SSSR count). The molecule has 0 aromatic carbocycles. The monoisotopic (exact) mass is 299 g/mol. The average Bonchev–Trinajstić information content (AvgIpc) is 2.91. The van der Waals surface area contributed by atoms with Gasteiger partial charge in [0.25, 0.3) is 0 Å². The summed E-state index contributed by atoms with van der Waals surface area (Å²) in [7, 11) is 2.15. The van der Waals surface area contributed by atoms with Gasteiger partial charge in [-0.2, -0.15) is 0 Å². The number of aliphatic hydroxyl groups excluding tert-OH is 1. The fourth-order valence-corrected chi connectivity index (χ4v) is 3.52. The fourth-order valence-electron chi connectivity index (χ4n) is 3.52. The predicted molar refractivity (Wildman–Crippen MR) is 84.5 cm³/mol. The Morgan fingerprint density at radius 2 is 1.81 bits per heavy atom. The first-order valence-electron chi connectivity index (χ1n) is 8.83. The zero-order chi connectivity index (χ0) is 14.9. The highest BCUT2D eigenvalue weighted by molar-refractivity contribution is 4.74. The molecule has 2 atom stereocenters. The van der Waals surface area contributed by atoms with Crippen molar-refractivity contribution >= 4 is 0 Å². The van der Waals surface area contributed by atoms with Crippen LogP contribution in [0.4, 0.5) is 0 Å². The smallest absolute Gasteiger partial charge is 0.0900 e. The van der Waals surface area contributed by atoms with Crippen LogP contribution in [-0.2, 0) is 9.47 Å². The Kier molecular flexibility index (Phi) is 8.01. The third kappa shape index (κ3) is 6.64. The SMILES string of the molecule is CN(CC(O)COCC1CCCO1)C1CCCCCCC1. The van der Waals surface area contributed by atoms with Gasteiger partial charge in [0, 0.05) is 19.2 Å². The van der Waals surface area contributed by atoms with Crippen molar-refractivity contribution in [3.05, 3.63) is 0 Å². The molecule has 124 valence electrons. The van der Waals surface area contributed by atoms with Gasteiger partial charge in [0.05, 0.1) is 25.4 Å². The van der Waals surface area contributed by atoms with Gasteiger partial charge in [0.1, 0.15) is 0 Å². The van der Waals surface area contributed by atoms with E-state index in [9.17, 15) is 5.11 Å². The Bertz CT molecular complexity index is 261. The van der Waals surface area contributed by atoms with Gasteiger partial charge >= 0.3 is 0 Å². The van der Waals surface area contributed by atoms with Crippen LogP contribution in [-0.4, -0.2) is 61.7 Å². The molecule has 2 unspecified atom stereocenters. The van der Waals surface area contributed by atoms with Crippen LogP contribution in [0.25, 0.3) is 0 Å². The van der Waals surface area contributed by atoms with E-state index in [0.717, 1.165) is 26.0 Å². The van der Waals surface area contributed by atoms with Crippen LogP contribution < -0.4 is 0 Å². The minimum absolute atomic E-state index is 0.250. The van der Waals surface area contributed by atoms with Crippen LogP contribution in [0, 0.1) is 0 Å². The van der Waals surface area contributed by atoms with Gasteiger partial charge in [-0.1, -0.05) is 32.1 Å². The molecule has 1 aliphatic carbocycles. The number of aliphatic hydroxyl groups is 1. The highest BCUT2D eigenvalue weighted by Crippen LogP contribution is 2.20. The molecule has 0 amide bonds. The van der Waals surface area contributed by atoms with E-state index in [-0.39, 0.29) is 12.2 Å². The van der Waals surface area contributed by atoms with Crippen LogP contribution in [0.5, 0.6) is 0 Å². The van der Waals surface area contributed by atoms with Crippen LogP contribution in [0.3, 0.4) is 0 Å². The molecule has 1 saturated carbocycles. The lowest BCUT2D eigenvalue weighted by atomic mass is 9.96. The predicted octanol–water partition coefficient (Wildman–Crippen LogP) is 2.59. The molecular formula is C17H33NO3. The van der Waals surface area contributed by atoms with Crippen LogP contribution >= 0.6 is 0 Å². The van der Waals surface area contributed by atoms with Crippen molar-refractivity contribution in [2.24, 2.45) is 0 Å². The molecular weight excluding hydrogens is 266 g/mol. The second-order valence-electron chi connectivity index (χ2n) is 6.76. The summed E-state index contributed by atoms with van der Waals surface area (Å²) in [6.07, 6.45) is 11.5. The van der Waals surface area contributed by atoms with E-state index < -0.39 is 0 Å². The van der Waals surface area contributed by atoms with Gasteiger partial charge in [-0.15, -0.1) is 0 Å². The minimum Gasteiger partial charge on any atom is -0.389 e. The Labute approximate surface area is 129 Å². The molecule has 2 aliphatic rings. The normalized spacial score (nSPS) is 26.7. The largest absolute Gasteiger partial charge is 0.389 e. The van der Waals surface area contributed by atoms with Gasteiger partial charge in [-0.05, 0) is 32.7 Å². The zero-order valence-corrected chi connectivity index (χ0v) is 13.6. The van der Waals surface area contributed by atoms with E-state index >= 15 is 0 Å². The molecule has 0 bridgehead atoms. The Hall–Kier alpha value is -0.160. The van der Waals surface area contributed by atoms with Crippen LogP contribution in [0.2, 0.25) is 0 Å². The average molecular weight is 299 g/mol. The van der Waals surface area contributed by atoms with E-state index in [2.05, 4.69) is 11.9 Å².